The fraction of sp³-hybridized carbons (Fsp3) is 0.280. The number of aromatic nitrogens is 2. The Morgan fingerprint density at radius 1 is 0.970 bits per heavy atom. The Hall–Kier alpha value is -3.94. The van der Waals surface area contributed by atoms with Crippen LogP contribution in [0.4, 0.5) is 0 Å². The lowest BCUT2D eigenvalue weighted by molar-refractivity contribution is -0.150. The molecule has 2 aromatic carbocycles. The Labute approximate surface area is 191 Å². The third kappa shape index (κ3) is 5.11. The highest BCUT2D eigenvalue weighted by molar-refractivity contribution is 5.89. The average molecular weight is 447 g/mol. The molecule has 1 fully saturated rings. The molecule has 0 bridgehead atoms. The van der Waals surface area contributed by atoms with E-state index in [1.54, 1.807) is 16.8 Å². The van der Waals surface area contributed by atoms with Gasteiger partial charge in [0.25, 0.3) is 5.56 Å². The van der Waals surface area contributed by atoms with Crippen molar-refractivity contribution >= 4 is 11.8 Å². The molecule has 1 aliphatic rings. The van der Waals surface area contributed by atoms with Crippen LogP contribution in [-0.2, 0) is 22.6 Å². The number of hydrogen-bond donors (Lipinski definition) is 1. The van der Waals surface area contributed by atoms with E-state index in [0.29, 0.717) is 19.5 Å². The average Bonchev–Trinajstić information content (AvgIpc) is 2.82. The standard InChI is InChI=1S/C25H26N4O4/c1-27-14-15-29(23(31)11-13-28-12-10-22(30)26-25(28)33)21(24(27)32)17-18-6-5-9-20(16-18)19-7-3-2-4-8-19/h2-10,12,16,21H,11,13-15,17H2,1H3,(H,26,30,33)/t21-/m0/s1. The largest absolute Gasteiger partial charge is 0.342 e. The summed E-state index contributed by atoms with van der Waals surface area (Å²) < 4.78 is 1.29. The number of aryl methyl sites for hydroxylation is 1. The number of aromatic amines is 1. The van der Waals surface area contributed by atoms with Gasteiger partial charge in [0.05, 0.1) is 0 Å². The molecule has 2 heterocycles. The van der Waals surface area contributed by atoms with Crippen LogP contribution in [0.5, 0.6) is 0 Å². The topological polar surface area (TPSA) is 95.5 Å². The summed E-state index contributed by atoms with van der Waals surface area (Å²) in [4.78, 5) is 54.7. The summed E-state index contributed by atoms with van der Waals surface area (Å²) in [5.41, 5.74) is 2.08. The van der Waals surface area contributed by atoms with Crippen LogP contribution in [0.2, 0.25) is 0 Å². The summed E-state index contributed by atoms with van der Waals surface area (Å²) in [7, 11) is 1.75. The molecule has 0 radical (unpaired) electrons. The number of carbonyl (C=O) groups is 2. The normalized spacial score (nSPS) is 16.2. The second-order valence-electron chi connectivity index (χ2n) is 8.19. The van der Waals surface area contributed by atoms with Gasteiger partial charge in [-0.15, -0.1) is 0 Å². The van der Waals surface area contributed by atoms with Gasteiger partial charge in [-0.1, -0.05) is 54.6 Å². The third-order valence-corrected chi connectivity index (χ3v) is 5.96. The van der Waals surface area contributed by atoms with Gasteiger partial charge in [0.2, 0.25) is 11.8 Å². The van der Waals surface area contributed by atoms with Crippen LogP contribution in [0, 0.1) is 0 Å². The summed E-state index contributed by atoms with van der Waals surface area (Å²) in [5.74, 6) is -0.292. The molecule has 3 aromatic rings. The number of nitrogens with one attached hydrogen (secondary N) is 1. The molecule has 8 heteroatoms. The van der Waals surface area contributed by atoms with Crippen molar-refractivity contribution in [1.82, 2.24) is 19.4 Å². The predicted octanol–water partition coefficient (Wildman–Crippen LogP) is 1.51. The number of nitrogens with zero attached hydrogens (tertiary/aromatic N) is 3. The Balaban J connectivity index is 1.52. The highest BCUT2D eigenvalue weighted by atomic mass is 16.2. The molecule has 4 rings (SSSR count). The highest BCUT2D eigenvalue weighted by Crippen LogP contribution is 2.23. The molecule has 0 spiro atoms. The molecular weight excluding hydrogens is 420 g/mol. The van der Waals surface area contributed by atoms with Gasteiger partial charge < -0.3 is 14.4 Å². The minimum absolute atomic E-state index is 0.0590. The number of hydrogen-bond acceptors (Lipinski definition) is 4. The molecule has 1 saturated heterocycles. The zero-order valence-corrected chi connectivity index (χ0v) is 18.4. The second-order valence-corrected chi connectivity index (χ2v) is 8.19. The summed E-state index contributed by atoms with van der Waals surface area (Å²) in [6, 6.07) is 18.7. The van der Waals surface area contributed by atoms with Crippen molar-refractivity contribution in [2.45, 2.75) is 25.4 Å². The number of carbonyl (C=O) groups excluding carboxylic acids is 2. The van der Waals surface area contributed by atoms with Crippen molar-refractivity contribution in [2.24, 2.45) is 0 Å². The van der Waals surface area contributed by atoms with Crippen molar-refractivity contribution in [2.75, 3.05) is 20.1 Å². The third-order valence-electron chi connectivity index (χ3n) is 5.96. The number of amides is 2. The first kappa shape index (κ1) is 22.3. The zero-order valence-electron chi connectivity index (χ0n) is 18.4. The summed E-state index contributed by atoms with van der Waals surface area (Å²) in [5, 5.41) is 0. The van der Waals surface area contributed by atoms with E-state index in [9.17, 15) is 19.2 Å². The van der Waals surface area contributed by atoms with E-state index in [1.165, 1.54) is 16.8 Å². The minimum atomic E-state index is -0.602. The lowest BCUT2D eigenvalue weighted by Gasteiger charge is -2.39. The Morgan fingerprint density at radius 2 is 1.73 bits per heavy atom. The monoisotopic (exact) mass is 446 g/mol. The first-order chi connectivity index (χ1) is 15.9. The summed E-state index contributed by atoms with van der Waals surface area (Å²) in [6.45, 7) is 1.03. The molecule has 1 N–H and O–H groups in total. The van der Waals surface area contributed by atoms with Gasteiger partial charge in [0.15, 0.2) is 0 Å². The maximum Gasteiger partial charge on any atom is 0.328 e. The van der Waals surface area contributed by atoms with E-state index < -0.39 is 17.3 Å². The highest BCUT2D eigenvalue weighted by Gasteiger charge is 2.35. The van der Waals surface area contributed by atoms with Crippen LogP contribution >= 0.6 is 0 Å². The van der Waals surface area contributed by atoms with Crippen LogP contribution in [-0.4, -0.2) is 57.3 Å². The van der Waals surface area contributed by atoms with Crippen LogP contribution in [0.25, 0.3) is 11.1 Å². The maximum absolute atomic E-state index is 13.1. The zero-order chi connectivity index (χ0) is 23.4. The van der Waals surface area contributed by atoms with Gasteiger partial charge in [0, 0.05) is 51.8 Å². The number of piperazine rings is 1. The van der Waals surface area contributed by atoms with Gasteiger partial charge in [-0.25, -0.2) is 4.79 Å². The smallest absolute Gasteiger partial charge is 0.328 e. The van der Waals surface area contributed by atoms with E-state index in [-0.39, 0.29) is 24.8 Å². The molecule has 0 saturated carbocycles. The van der Waals surface area contributed by atoms with E-state index in [1.807, 2.05) is 48.5 Å². The first-order valence-electron chi connectivity index (χ1n) is 10.9. The fourth-order valence-corrected chi connectivity index (χ4v) is 4.12. The fourth-order valence-electron chi connectivity index (χ4n) is 4.12. The molecule has 0 unspecified atom stereocenters. The van der Waals surface area contributed by atoms with Crippen molar-refractivity contribution in [3.05, 3.63) is 93.3 Å². The molecule has 33 heavy (non-hydrogen) atoms. The molecule has 1 atom stereocenters. The lowest BCUT2D eigenvalue weighted by atomic mass is 9.97. The molecule has 1 aromatic heterocycles. The van der Waals surface area contributed by atoms with Gasteiger partial charge >= 0.3 is 5.69 Å². The van der Waals surface area contributed by atoms with E-state index >= 15 is 0 Å². The lowest BCUT2D eigenvalue weighted by Crippen LogP contribution is -2.58. The molecule has 1 aliphatic heterocycles. The molecule has 170 valence electrons. The summed E-state index contributed by atoms with van der Waals surface area (Å²) in [6.07, 6.45) is 1.84. The minimum Gasteiger partial charge on any atom is -0.342 e. The van der Waals surface area contributed by atoms with Crippen LogP contribution < -0.4 is 11.2 Å². The quantitative estimate of drug-likeness (QED) is 0.621. The van der Waals surface area contributed by atoms with E-state index in [2.05, 4.69) is 11.1 Å². The number of benzene rings is 2. The number of H-pyrrole nitrogens is 1. The van der Waals surface area contributed by atoms with Gasteiger partial charge in [-0.3, -0.25) is 19.4 Å². The van der Waals surface area contributed by atoms with Gasteiger partial charge in [0.1, 0.15) is 6.04 Å². The SMILES string of the molecule is CN1CCN(C(=O)CCn2ccc(=O)[nH]c2=O)[C@@H](Cc2cccc(-c3ccccc3)c2)C1=O. The maximum atomic E-state index is 13.1. The van der Waals surface area contributed by atoms with Crippen LogP contribution in [0.1, 0.15) is 12.0 Å². The van der Waals surface area contributed by atoms with Crippen molar-refractivity contribution < 1.29 is 9.59 Å². The van der Waals surface area contributed by atoms with Gasteiger partial charge in [-0.05, 0) is 16.7 Å². The summed E-state index contributed by atoms with van der Waals surface area (Å²) >= 11 is 0. The van der Waals surface area contributed by atoms with Crippen molar-refractivity contribution in [3.63, 3.8) is 0 Å². The molecule has 0 aliphatic carbocycles. The van der Waals surface area contributed by atoms with Gasteiger partial charge in [-0.2, -0.15) is 0 Å². The molecular formula is C25H26N4O4. The second kappa shape index (κ2) is 9.68. The van der Waals surface area contributed by atoms with Crippen molar-refractivity contribution in [1.29, 1.82) is 0 Å². The Bertz CT molecular complexity index is 1260. The Morgan fingerprint density at radius 3 is 2.48 bits per heavy atom. The number of rotatable bonds is 6. The van der Waals surface area contributed by atoms with Crippen molar-refractivity contribution in [3.8, 4) is 11.1 Å². The van der Waals surface area contributed by atoms with E-state index in [0.717, 1.165) is 16.7 Å². The Kier molecular flexibility index (Phi) is 6.53. The first-order valence-corrected chi connectivity index (χ1v) is 10.9. The van der Waals surface area contributed by atoms with E-state index in [4.69, 9.17) is 0 Å². The molecule has 8 nitrogen and oxygen atoms in total. The van der Waals surface area contributed by atoms with Crippen LogP contribution in [0.15, 0.2) is 76.4 Å². The van der Waals surface area contributed by atoms with Crippen LogP contribution in [0.3, 0.4) is 0 Å². The number of likely N-dealkylation sites (N-methyl/N-ethyl adjacent to an activating group) is 1. The predicted molar refractivity (Wildman–Crippen MR) is 125 cm³/mol. The molecule has 2 amide bonds.